The Kier molecular flexibility index (Phi) is 4.38. The van der Waals surface area contributed by atoms with Gasteiger partial charge in [0, 0.05) is 17.8 Å². The lowest BCUT2D eigenvalue weighted by molar-refractivity contribution is -0.122. The SMILES string of the molecule is O=C(Nc1nc(C2CCC2)cs1)NC1CCCCNC1=O. The maximum Gasteiger partial charge on any atom is 0.321 e. The molecule has 1 aromatic heterocycles. The minimum absolute atomic E-state index is 0.100. The maximum atomic E-state index is 12.0. The highest BCUT2D eigenvalue weighted by molar-refractivity contribution is 7.13. The molecule has 0 aromatic carbocycles. The summed E-state index contributed by atoms with van der Waals surface area (Å²) in [5.74, 6) is 0.462. The van der Waals surface area contributed by atoms with Crippen molar-refractivity contribution >= 4 is 28.4 Å². The van der Waals surface area contributed by atoms with Crippen molar-refractivity contribution in [1.82, 2.24) is 15.6 Å². The van der Waals surface area contributed by atoms with Gasteiger partial charge in [-0.1, -0.05) is 6.42 Å². The lowest BCUT2D eigenvalue weighted by Crippen LogP contribution is -2.47. The second-order valence-corrected chi connectivity index (χ2v) is 6.50. The normalized spacial score (nSPS) is 22.9. The Morgan fingerprint density at radius 2 is 2.14 bits per heavy atom. The third kappa shape index (κ3) is 3.53. The molecule has 0 bridgehead atoms. The summed E-state index contributed by atoms with van der Waals surface area (Å²) in [7, 11) is 0. The first-order valence-corrected chi connectivity index (χ1v) is 8.41. The van der Waals surface area contributed by atoms with Gasteiger partial charge >= 0.3 is 6.03 Å². The van der Waals surface area contributed by atoms with E-state index < -0.39 is 6.04 Å². The van der Waals surface area contributed by atoms with E-state index in [2.05, 4.69) is 20.9 Å². The van der Waals surface area contributed by atoms with E-state index in [0.29, 0.717) is 24.0 Å². The predicted octanol–water partition coefficient (Wildman–Crippen LogP) is 2.20. The van der Waals surface area contributed by atoms with Crippen molar-refractivity contribution in [2.24, 2.45) is 0 Å². The Balaban J connectivity index is 1.53. The van der Waals surface area contributed by atoms with Crippen LogP contribution in [0.25, 0.3) is 0 Å². The number of hydrogen-bond donors (Lipinski definition) is 3. The van der Waals surface area contributed by atoms with Gasteiger partial charge < -0.3 is 10.6 Å². The highest BCUT2D eigenvalue weighted by Gasteiger charge is 2.24. The van der Waals surface area contributed by atoms with Gasteiger partial charge in [0.15, 0.2) is 5.13 Å². The number of thiazole rings is 1. The van der Waals surface area contributed by atoms with Crippen LogP contribution >= 0.6 is 11.3 Å². The first kappa shape index (κ1) is 14.3. The van der Waals surface area contributed by atoms with Gasteiger partial charge in [-0.25, -0.2) is 9.78 Å². The van der Waals surface area contributed by atoms with Crippen molar-refractivity contribution < 1.29 is 9.59 Å². The standard InChI is InChI=1S/C14H20N4O2S/c19-12-10(6-1-2-7-15-12)16-13(20)18-14-17-11(8-21-14)9-4-3-5-9/h8-10H,1-7H2,(H,15,19)(H2,16,17,18,20). The number of amides is 3. The first-order chi connectivity index (χ1) is 10.2. The van der Waals surface area contributed by atoms with Crippen molar-refractivity contribution in [1.29, 1.82) is 0 Å². The number of nitrogens with one attached hydrogen (secondary N) is 3. The zero-order valence-corrected chi connectivity index (χ0v) is 12.7. The van der Waals surface area contributed by atoms with Crippen LogP contribution in [0.2, 0.25) is 0 Å². The van der Waals surface area contributed by atoms with Crippen LogP contribution in [0.3, 0.4) is 0 Å². The molecule has 7 heteroatoms. The molecule has 1 atom stereocenters. The molecule has 2 fully saturated rings. The molecule has 1 aromatic rings. The lowest BCUT2D eigenvalue weighted by Gasteiger charge is -2.22. The number of urea groups is 1. The molecule has 1 aliphatic carbocycles. The number of aromatic nitrogens is 1. The number of carbonyl (C=O) groups is 2. The van der Waals surface area contributed by atoms with Gasteiger partial charge in [-0.05, 0) is 32.1 Å². The molecule has 1 saturated carbocycles. The average Bonchev–Trinajstić information content (AvgIpc) is 2.72. The molecular formula is C14H20N4O2S. The van der Waals surface area contributed by atoms with Crippen molar-refractivity contribution in [3.05, 3.63) is 11.1 Å². The summed E-state index contributed by atoms with van der Waals surface area (Å²) in [4.78, 5) is 28.2. The van der Waals surface area contributed by atoms with Crippen molar-refractivity contribution in [2.75, 3.05) is 11.9 Å². The van der Waals surface area contributed by atoms with Crippen LogP contribution in [0.5, 0.6) is 0 Å². The molecule has 2 heterocycles. The largest absolute Gasteiger partial charge is 0.354 e. The summed E-state index contributed by atoms with van der Waals surface area (Å²) in [6.07, 6.45) is 6.23. The van der Waals surface area contributed by atoms with Gasteiger partial charge in [-0.15, -0.1) is 11.3 Å². The maximum absolute atomic E-state index is 12.0. The Morgan fingerprint density at radius 1 is 1.29 bits per heavy atom. The van der Waals surface area contributed by atoms with Crippen LogP contribution in [-0.2, 0) is 4.79 Å². The molecule has 1 saturated heterocycles. The fraction of sp³-hybridized carbons (Fsp3) is 0.643. The van der Waals surface area contributed by atoms with E-state index in [4.69, 9.17) is 0 Å². The van der Waals surface area contributed by atoms with Gasteiger partial charge in [0.2, 0.25) is 5.91 Å². The molecule has 21 heavy (non-hydrogen) atoms. The van der Waals surface area contributed by atoms with Gasteiger partial charge in [-0.2, -0.15) is 0 Å². The molecule has 0 spiro atoms. The zero-order chi connectivity index (χ0) is 14.7. The highest BCUT2D eigenvalue weighted by atomic mass is 32.1. The summed E-state index contributed by atoms with van der Waals surface area (Å²) in [6, 6.07) is -0.801. The Hall–Kier alpha value is -1.63. The van der Waals surface area contributed by atoms with E-state index in [1.165, 1.54) is 30.6 Å². The molecule has 1 unspecified atom stereocenters. The zero-order valence-electron chi connectivity index (χ0n) is 11.9. The Bertz CT molecular complexity index is 527. The van der Waals surface area contributed by atoms with Gasteiger partial charge in [0.25, 0.3) is 0 Å². The van der Waals surface area contributed by atoms with Gasteiger partial charge in [0.05, 0.1) is 5.69 Å². The molecule has 3 rings (SSSR count). The molecule has 2 aliphatic rings. The third-order valence-corrected chi connectivity index (χ3v) is 4.88. The minimum Gasteiger partial charge on any atom is -0.354 e. The number of anilines is 1. The van der Waals surface area contributed by atoms with E-state index in [1.54, 1.807) is 0 Å². The average molecular weight is 308 g/mol. The Morgan fingerprint density at radius 3 is 2.90 bits per heavy atom. The van der Waals surface area contributed by atoms with Crippen molar-refractivity contribution in [3.63, 3.8) is 0 Å². The lowest BCUT2D eigenvalue weighted by atomic mass is 9.83. The van der Waals surface area contributed by atoms with Crippen LogP contribution in [0.4, 0.5) is 9.93 Å². The molecule has 6 nitrogen and oxygen atoms in total. The molecule has 1 aliphatic heterocycles. The molecule has 0 radical (unpaired) electrons. The molecule has 3 amide bonds. The Labute approximate surface area is 127 Å². The fourth-order valence-corrected chi connectivity index (χ4v) is 3.39. The van der Waals surface area contributed by atoms with E-state index in [9.17, 15) is 9.59 Å². The number of nitrogens with zero attached hydrogens (tertiary/aromatic N) is 1. The number of hydrogen-bond acceptors (Lipinski definition) is 4. The summed E-state index contributed by atoms with van der Waals surface area (Å²) >= 11 is 1.44. The minimum atomic E-state index is -0.446. The topological polar surface area (TPSA) is 83.1 Å². The second-order valence-electron chi connectivity index (χ2n) is 5.64. The van der Waals surface area contributed by atoms with Crippen LogP contribution in [-0.4, -0.2) is 29.5 Å². The van der Waals surface area contributed by atoms with Crippen LogP contribution < -0.4 is 16.0 Å². The van der Waals surface area contributed by atoms with Gasteiger partial charge in [0.1, 0.15) is 6.04 Å². The van der Waals surface area contributed by atoms with E-state index in [-0.39, 0.29) is 11.9 Å². The second kappa shape index (κ2) is 6.43. The summed E-state index contributed by atoms with van der Waals surface area (Å²) in [6.45, 7) is 0.690. The van der Waals surface area contributed by atoms with Crippen molar-refractivity contribution in [2.45, 2.75) is 50.5 Å². The van der Waals surface area contributed by atoms with Crippen LogP contribution in [0.15, 0.2) is 5.38 Å². The summed E-state index contributed by atoms with van der Waals surface area (Å²) in [5, 5.41) is 10.9. The van der Waals surface area contributed by atoms with Crippen LogP contribution in [0.1, 0.15) is 50.1 Å². The quantitative estimate of drug-likeness (QED) is 0.800. The van der Waals surface area contributed by atoms with Gasteiger partial charge in [-0.3, -0.25) is 10.1 Å². The molecule has 3 N–H and O–H groups in total. The monoisotopic (exact) mass is 308 g/mol. The van der Waals surface area contributed by atoms with Crippen LogP contribution in [0, 0.1) is 0 Å². The number of carbonyl (C=O) groups excluding carboxylic acids is 2. The summed E-state index contributed by atoms with van der Waals surface area (Å²) < 4.78 is 0. The first-order valence-electron chi connectivity index (χ1n) is 7.53. The smallest absolute Gasteiger partial charge is 0.321 e. The number of rotatable bonds is 3. The fourth-order valence-electron chi connectivity index (χ4n) is 2.60. The van der Waals surface area contributed by atoms with E-state index >= 15 is 0 Å². The summed E-state index contributed by atoms with van der Waals surface area (Å²) in [5.41, 5.74) is 1.08. The predicted molar refractivity (Wildman–Crippen MR) is 81.5 cm³/mol. The highest BCUT2D eigenvalue weighted by Crippen LogP contribution is 2.37. The van der Waals surface area contributed by atoms with E-state index in [1.807, 2.05) is 5.38 Å². The molecular weight excluding hydrogens is 288 g/mol. The third-order valence-electron chi connectivity index (χ3n) is 4.11. The van der Waals surface area contributed by atoms with E-state index in [0.717, 1.165) is 18.5 Å². The van der Waals surface area contributed by atoms with Crippen molar-refractivity contribution in [3.8, 4) is 0 Å². The molecule has 114 valence electrons.